The Bertz CT molecular complexity index is 1200. The molecular formula is C24H20ClNO5S. The highest BCUT2D eigenvalue weighted by Gasteiger charge is 2.35. The van der Waals surface area contributed by atoms with Gasteiger partial charge in [0.15, 0.2) is 11.5 Å². The van der Waals surface area contributed by atoms with E-state index in [2.05, 4.69) is 0 Å². The van der Waals surface area contributed by atoms with Crippen LogP contribution in [0.4, 0.5) is 4.79 Å². The summed E-state index contributed by atoms with van der Waals surface area (Å²) in [4.78, 5) is 26.6. The van der Waals surface area contributed by atoms with Crippen molar-refractivity contribution in [2.24, 2.45) is 0 Å². The van der Waals surface area contributed by atoms with Crippen LogP contribution in [0.3, 0.4) is 0 Å². The van der Waals surface area contributed by atoms with Crippen molar-refractivity contribution in [1.82, 2.24) is 4.90 Å². The van der Waals surface area contributed by atoms with Crippen LogP contribution < -0.4 is 9.47 Å². The molecule has 8 heteroatoms. The van der Waals surface area contributed by atoms with Gasteiger partial charge in [0.2, 0.25) is 0 Å². The van der Waals surface area contributed by atoms with Crippen molar-refractivity contribution in [3.05, 3.63) is 75.8 Å². The van der Waals surface area contributed by atoms with Gasteiger partial charge in [0.05, 0.1) is 18.6 Å². The lowest BCUT2D eigenvalue weighted by Crippen LogP contribution is -2.32. The third-order valence-corrected chi connectivity index (χ3v) is 6.02. The van der Waals surface area contributed by atoms with Gasteiger partial charge in [0.1, 0.15) is 18.1 Å². The molecule has 6 nitrogen and oxygen atoms in total. The predicted molar refractivity (Wildman–Crippen MR) is 125 cm³/mol. The molecule has 0 radical (unpaired) electrons. The predicted octanol–water partition coefficient (Wildman–Crippen LogP) is 6.03. The molecule has 1 aliphatic heterocycles. The fraction of sp³-hybridized carbons (Fsp3) is 0.167. The van der Waals surface area contributed by atoms with Crippen LogP contribution >= 0.6 is 23.4 Å². The fourth-order valence-electron chi connectivity index (χ4n) is 3.24. The Kier molecular flexibility index (Phi) is 6.58. The van der Waals surface area contributed by atoms with E-state index in [1.807, 2.05) is 43.3 Å². The van der Waals surface area contributed by atoms with E-state index in [4.69, 9.17) is 25.5 Å². The monoisotopic (exact) mass is 469 g/mol. The number of aryl methyl sites for hydroxylation is 1. The molecule has 0 unspecified atom stereocenters. The second-order valence-electron chi connectivity index (χ2n) is 6.99. The highest BCUT2D eigenvalue weighted by molar-refractivity contribution is 8.18. The van der Waals surface area contributed by atoms with Crippen molar-refractivity contribution in [1.29, 1.82) is 0 Å². The fourth-order valence-corrected chi connectivity index (χ4v) is 4.26. The molecule has 2 aromatic carbocycles. The second-order valence-corrected chi connectivity index (χ2v) is 8.42. The average molecular weight is 470 g/mol. The number of para-hydroxylation sites is 2. The standard InChI is InChI=1S/C24H20ClNO5S/c1-15-7-8-16(25)13-18(15)19-10-9-17(31-19)14-22-23(27)26(24(28)32-22)11-12-30-21-6-4-3-5-20(21)29-2/h3-10,13-14H,11-12H2,1-2H3/b22-14-. The Morgan fingerprint density at radius 1 is 1.09 bits per heavy atom. The molecule has 1 aliphatic rings. The van der Waals surface area contributed by atoms with E-state index in [1.165, 1.54) is 0 Å². The van der Waals surface area contributed by atoms with Crippen molar-refractivity contribution in [2.75, 3.05) is 20.3 Å². The lowest BCUT2D eigenvalue weighted by atomic mass is 10.1. The Balaban J connectivity index is 1.43. The first-order valence-electron chi connectivity index (χ1n) is 9.84. The van der Waals surface area contributed by atoms with Crippen LogP contribution in [0.2, 0.25) is 5.02 Å². The van der Waals surface area contributed by atoms with Gasteiger partial charge in [-0.15, -0.1) is 0 Å². The Hall–Kier alpha value is -3.16. The summed E-state index contributed by atoms with van der Waals surface area (Å²) in [6.45, 7) is 2.25. The summed E-state index contributed by atoms with van der Waals surface area (Å²) in [6.07, 6.45) is 1.58. The number of hydrogen-bond acceptors (Lipinski definition) is 6. The summed E-state index contributed by atoms with van der Waals surface area (Å²) in [6, 6.07) is 16.3. The molecule has 0 saturated carbocycles. The Morgan fingerprint density at radius 2 is 1.88 bits per heavy atom. The zero-order chi connectivity index (χ0) is 22.7. The highest BCUT2D eigenvalue weighted by atomic mass is 35.5. The molecule has 2 heterocycles. The first-order valence-corrected chi connectivity index (χ1v) is 11.0. The smallest absolute Gasteiger partial charge is 0.293 e. The van der Waals surface area contributed by atoms with Crippen LogP contribution in [0.15, 0.2) is 63.9 Å². The van der Waals surface area contributed by atoms with Gasteiger partial charge in [-0.25, -0.2) is 0 Å². The number of carbonyl (C=O) groups is 2. The largest absolute Gasteiger partial charge is 0.493 e. The molecule has 1 aromatic heterocycles. The SMILES string of the molecule is COc1ccccc1OCCN1C(=O)S/C(=C\c2ccc(-c3cc(Cl)ccc3C)o2)C1=O. The van der Waals surface area contributed by atoms with Crippen LogP contribution in [0.1, 0.15) is 11.3 Å². The average Bonchev–Trinajstić information content (AvgIpc) is 3.35. The van der Waals surface area contributed by atoms with Crippen LogP contribution in [-0.4, -0.2) is 36.3 Å². The Morgan fingerprint density at radius 3 is 2.66 bits per heavy atom. The maximum Gasteiger partial charge on any atom is 0.293 e. The van der Waals surface area contributed by atoms with E-state index >= 15 is 0 Å². The zero-order valence-electron chi connectivity index (χ0n) is 17.5. The molecular weight excluding hydrogens is 450 g/mol. The summed E-state index contributed by atoms with van der Waals surface area (Å²) < 4.78 is 16.8. The molecule has 3 aromatic rings. The number of furan rings is 1. The number of carbonyl (C=O) groups excluding carboxylic acids is 2. The third-order valence-electron chi connectivity index (χ3n) is 4.88. The number of benzene rings is 2. The topological polar surface area (TPSA) is 69.0 Å². The minimum absolute atomic E-state index is 0.130. The van der Waals surface area contributed by atoms with Crippen molar-refractivity contribution in [3.63, 3.8) is 0 Å². The molecule has 4 rings (SSSR count). The maximum absolute atomic E-state index is 12.7. The first-order chi connectivity index (χ1) is 15.5. The Labute approximate surface area is 194 Å². The van der Waals surface area contributed by atoms with E-state index in [0.29, 0.717) is 32.9 Å². The molecule has 0 spiro atoms. The van der Waals surface area contributed by atoms with Crippen LogP contribution in [0, 0.1) is 6.92 Å². The third kappa shape index (κ3) is 4.69. The van der Waals surface area contributed by atoms with E-state index < -0.39 is 0 Å². The number of halogens is 1. The van der Waals surface area contributed by atoms with E-state index in [-0.39, 0.29) is 24.3 Å². The minimum atomic E-state index is -0.375. The molecule has 2 amide bonds. The van der Waals surface area contributed by atoms with Gasteiger partial charge in [0, 0.05) is 16.7 Å². The van der Waals surface area contributed by atoms with E-state index in [0.717, 1.165) is 27.8 Å². The summed E-state index contributed by atoms with van der Waals surface area (Å²) in [5.41, 5.74) is 1.89. The molecule has 0 aliphatic carbocycles. The molecule has 0 N–H and O–H groups in total. The summed E-state index contributed by atoms with van der Waals surface area (Å²) >= 11 is 6.98. The van der Waals surface area contributed by atoms with Crippen molar-refractivity contribution in [2.45, 2.75) is 6.92 Å². The molecule has 1 saturated heterocycles. The van der Waals surface area contributed by atoms with Gasteiger partial charge < -0.3 is 13.9 Å². The summed E-state index contributed by atoms with van der Waals surface area (Å²) in [5.74, 6) is 1.89. The highest BCUT2D eigenvalue weighted by Crippen LogP contribution is 2.34. The zero-order valence-corrected chi connectivity index (χ0v) is 19.0. The number of imide groups is 1. The van der Waals surface area contributed by atoms with Gasteiger partial charge in [-0.1, -0.05) is 29.8 Å². The van der Waals surface area contributed by atoms with Crippen molar-refractivity contribution < 1.29 is 23.5 Å². The number of methoxy groups -OCH3 is 1. The summed E-state index contributed by atoms with van der Waals surface area (Å²) in [7, 11) is 1.55. The van der Waals surface area contributed by atoms with Gasteiger partial charge >= 0.3 is 0 Å². The second kappa shape index (κ2) is 9.54. The number of ether oxygens (including phenoxy) is 2. The molecule has 1 fully saturated rings. The number of rotatable bonds is 7. The number of hydrogen-bond donors (Lipinski definition) is 0. The van der Waals surface area contributed by atoms with Crippen LogP contribution in [0.5, 0.6) is 11.5 Å². The van der Waals surface area contributed by atoms with Crippen molar-refractivity contribution >= 4 is 40.6 Å². The minimum Gasteiger partial charge on any atom is -0.493 e. The van der Waals surface area contributed by atoms with E-state index in [9.17, 15) is 9.59 Å². The normalized spacial score (nSPS) is 15.0. The number of amides is 2. The molecule has 32 heavy (non-hydrogen) atoms. The number of nitrogens with zero attached hydrogens (tertiary/aromatic N) is 1. The summed E-state index contributed by atoms with van der Waals surface area (Å²) in [5, 5.41) is 0.266. The lowest BCUT2D eigenvalue weighted by Gasteiger charge is -2.14. The van der Waals surface area contributed by atoms with Crippen molar-refractivity contribution in [3.8, 4) is 22.8 Å². The van der Waals surface area contributed by atoms with Crippen LogP contribution in [0.25, 0.3) is 17.4 Å². The van der Waals surface area contributed by atoms with Gasteiger partial charge in [-0.05, 0) is 60.6 Å². The molecule has 164 valence electrons. The molecule has 0 atom stereocenters. The van der Waals surface area contributed by atoms with Gasteiger partial charge in [0.25, 0.3) is 11.1 Å². The quantitative estimate of drug-likeness (QED) is 0.393. The van der Waals surface area contributed by atoms with Gasteiger partial charge in [-0.2, -0.15) is 0 Å². The number of thioether (sulfide) groups is 1. The lowest BCUT2D eigenvalue weighted by molar-refractivity contribution is -0.123. The van der Waals surface area contributed by atoms with Gasteiger partial charge in [-0.3, -0.25) is 14.5 Å². The maximum atomic E-state index is 12.7. The van der Waals surface area contributed by atoms with Crippen LogP contribution in [-0.2, 0) is 4.79 Å². The first kappa shape index (κ1) is 22.0. The van der Waals surface area contributed by atoms with E-state index in [1.54, 1.807) is 31.4 Å². The molecule has 0 bridgehead atoms.